The van der Waals surface area contributed by atoms with Gasteiger partial charge in [0.25, 0.3) is 0 Å². The van der Waals surface area contributed by atoms with E-state index in [2.05, 4.69) is 46.2 Å². The van der Waals surface area contributed by atoms with E-state index in [-0.39, 0.29) is 0 Å². The highest BCUT2D eigenvalue weighted by molar-refractivity contribution is 7.98. The standard InChI is InChI=1S/C18H32N4S2/c1-3-19-18(20-10-4-7-13-23-2)21-15-16(17-9-8-14-24-17)22-11-5-6-12-22/h8-9,14,16H,3-7,10-13,15H2,1-2H3,(H2,19,20,21). The average molecular weight is 369 g/mol. The number of hydrogen-bond donors (Lipinski definition) is 2. The molecule has 1 aromatic rings. The van der Waals surface area contributed by atoms with Crippen molar-refractivity contribution in [2.75, 3.05) is 44.7 Å². The van der Waals surface area contributed by atoms with Crippen molar-refractivity contribution < 1.29 is 0 Å². The summed E-state index contributed by atoms with van der Waals surface area (Å²) in [4.78, 5) is 8.92. The molecule has 0 aromatic carbocycles. The Morgan fingerprint density at radius 2 is 2.17 bits per heavy atom. The highest BCUT2D eigenvalue weighted by Gasteiger charge is 2.24. The topological polar surface area (TPSA) is 39.7 Å². The Labute approximate surface area is 155 Å². The van der Waals surface area contributed by atoms with Gasteiger partial charge in [-0.3, -0.25) is 9.89 Å². The van der Waals surface area contributed by atoms with Crippen molar-refractivity contribution >= 4 is 29.1 Å². The van der Waals surface area contributed by atoms with Crippen LogP contribution in [0.4, 0.5) is 0 Å². The normalized spacial score (nSPS) is 17.2. The van der Waals surface area contributed by atoms with Crippen molar-refractivity contribution in [3.05, 3.63) is 22.4 Å². The van der Waals surface area contributed by atoms with Gasteiger partial charge >= 0.3 is 0 Å². The first-order chi connectivity index (χ1) is 11.8. The summed E-state index contributed by atoms with van der Waals surface area (Å²) in [6.45, 7) is 7.28. The summed E-state index contributed by atoms with van der Waals surface area (Å²) in [5.41, 5.74) is 0. The van der Waals surface area contributed by atoms with E-state index in [0.29, 0.717) is 6.04 Å². The minimum absolute atomic E-state index is 0.430. The van der Waals surface area contributed by atoms with Gasteiger partial charge < -0.3 is 10.6 Å². The van der Waals surface area contributed by atoms with E-state index in [1.807, 2.05) is 23.1 Å². The Balaban J connectivity index is 1.90. The van der Waals surface area contributed by atoms with Crippen molar-refractivity contribution in [2.45, 2.75) is 38.6 Å². The van der Waals surface area contributed by atoms with Crippen LogP contribution in [-0.4, -0.2) is 55.6 Å². The molecular formula is C18H32N4S2. The van der Waals surface area contributed by atoms with E-state index < -0.39 is 0 Å². The maximum atomic E-state index is 4.89. The van der Waals surface area contributed by atoms with Crippen molar-refractivity contribution in [2.24, 2.45) is 4.99 Å². The number of unbranched alkanes of at least 4 members (excludes halogenated alkanes) is 1. The fraction of sp³-hybridized carbons (Fsp3) is 0.722. The van der Waals surface area contributed by atoms with Crippen LogP contribution < -0.4 is 10.6 Å². The Bertz CT molecular complexity index is 456. The van der Waals surface area contributed by atoms with Crippen molar-refractivity contribution in [1.29, 1.82) is 0 Å². The first kappa shape index (κ1) is 19.6. The highest BCUT2D eigenvalue weighted by atomic mass is 32.2. The molecule has 1 aliphatic heterocycles. The lowest BCUT2D eigenvalue weighted by atomic mass is 10.2. The first-order valence-electron chi connectivity index (χ1n) is 9.13. The Morgan fingerprint density at radius 1 is 1.33 bits per heavy atom. The summed E-state index contributed by atoms with van der Waals surface area (Å²) in [6.07, 6.45) is 7.27. The molecule has 0 radical (unpaired) electrons. The summed E-state index contributed by atoms with van der Waals surface area (Å²) in [7, 11) is 0. The van der Waals surface area contributed by atoms with Gasteiger partial charge in [-0.15, -0.1) is 11.3 Å². The largest absolute Gasteiger partial charge is 0.357 e. The lowest BCUT2D eigenvalue weighted by Crippen LogP contribution is -2.38. The molecule has 1 saturated heterocycles. The predicted octanol–water partition coefficient (Wildman–Crippen LogP) is 3.58. The molecule has 2 N–H and O–H groups in total. The van der Waals surface area contributed by atoms with Crippen LogP contribution in [0.15, 0.2) is 22.5 Å². The molecular weight excluding hydrogens is 336 g/mol. The van der Waals surface area contributed by atoms with Gasteiger partial charge in [0.2, 0.25) is 0 Å². The summed E-state index contributed by atoms with van der Waals surface area (Å²) in [6, 6.07) is 4.84. The second kappa shape index (κ2) is 11.8. The molecule has 24 heavy (non-hydrogen) atoms. The second-order valence-electron chi connectivity index (χ2n) is 6.12. The molecule has 1 aromatic heterocycles. The number of rotatable bonds is 10. The van der Waals surface area contributed by atoms with Gasteiger partial charge in [0.1, 0.15) is 0 Å². The van der Waals surface area contributed by atoms with E-state index in [9.17, 15) is 0 Å². The predicted molar refractivity (Wildman–Crippen MR) is 109 cm³/mol. The molecule has 0 aliphatic carbocycles. The molecule has 2 rings (SSSR count). The summed E-state index contributed by atoms with van der Waals surface area (Å²) in [5, 5.41) is 9.05. The van der Waals surface area contributed by atoms with Crippen molar-refractivity contribution in [3.8, 4) is 0 Å². The third-order valence-electron chi connectivity index (χ3n) is 4.29. The van der Waals surface area contributed by atoms with Crippen LogP contribution >= 0.6 is 23.1 Å². The average Bonchev–Trinajstić information content (AvgIpc) is 3.29. The first-order valence-corrected chi connectivity index (χ1v) is 11.4. The zero-order valence-corrected chi connectivity index (χ0v) is 16.7. The zero-order chi connectivity index (χ0) is 17.0. The smallest absolute Gasteiger partial charge is 0.191 e. The van der Waals surface area contributed by atoms with Gasteiger partial charge in [-0.25, -0.2) is 0 Å². The number of hydrogen-bond acceptors (Lipinski definition) is 4. The lowest BCUT2D eigenvalue weighted by Gasteiger charge is -2.25. The van der Waals surface area contributed by atoms with Crippen LogP contribution in [0.3, 0.4) is 0 Å². The number of thioether (sulfide) groups is 1. The second-order valence-corrected chi connectivity index (χ2v) is 8.09. The van der Waals surface area contributed by atoms with Gasteiger partial charge in [-0.1, -0.05) is 6.07 Å². The molecule has 4 nitrogen and oxygen atoms in total. The van der Waals surface area contributed by atoms with Crippen LogP contribution in [0.2, 0.25) is 0 Å². The molecule has 2 heterocycles. The van der Waals surface area contributed by atoms with E-state index in [0.717, 1.165) is 25.6 Å². The van der Waals surface area contributed by atoms with Gasteiger partial charge in [0, 0.05) is 18.0 Å². The maximum Gasteiger partial charge on any atom is 0.191 e. The summed E-state index contributed by atoms with van der Waals surface area (Å²) >= 11 is 3.78. The number of aliphatic imine (C=N–C) groups is 1. The van der Waals surface area contributed by atoms with Gasteiger partial charge in [-0.05, 0) is 69.2 Å². The number of likely N-dealkylation sites (tertiary alicyclic amines) is 1. The molecule has 1 aliphatic rings. The number of thiophene rings is 1. The minimum atomic E-state index is 0.430. The fourth-order valence-corrected chi connectivity index (χ4v) is 4.36. The van der Waals surface area contributed by atoms with Crippen LogP contribution in [0, 0.1) is 0 Å². The molecule has 0 amide bonds. The summed E-state index contributed by atoms with van der Waals surface area (Å²) in [5.74, 6) is 2.20. The Hall–Kier alpha value is -0.720. The van der Waals surface area contributed by atoms with Crippen molar-refractivity contribution in [1.82, 2.24) is 15.5 Å². The van der Waals surface area contributed by atoms with Gasteiger partial charge in [0.15, 0.2) is 5.96 Å². The van der Waals surface area contributed by atoms with Crippen LogP contribution in [0.25, 0.3) is 0 Å². The third kappa shape index (κ3) is 6.65. The number of guanidine groups is 1. The van der Waals surface area contributed by atoms with Gasteiger partial charge in [-0.2, -0.15) is 11.8 Å². The lowest BCUT2D eigenvalue weighted by molar-refractivity contribution is 0.255. The molecule has 1 unspecified atom stereocenters. The number of nitrogens with one attached hydrogen (secondary N) is 2. The van der Waals surface area contributed by atoms with Crippen LogP contribution in [-0.2, 0) is 0 Å². The van der Waals surface area contributed by atoms with Crippen LogP contribution in [0.5, 0.6) is 0 Å². The zero-order valence-electron chi connectivity index (χ0n) is 15.1. The fourth-order valence-electron chi connectivity index (χ4n) is 3.02. The Morgan fingerprint density at radius 3 is 2.83 bits per heavy atom. The summed E-state index contributed by atoms with van der Waals surface area (Å²) < 4.78 is 0. The maximum absolute atomic E-state index is 4.89. The van der Waals surface area contributed by atoms with E-state index >= 15 is 0 Å². The molecule has 0 bridgehead atoms. The number of nitrogens with zero attached hydrogens (tertiary/aromatic N) is 2. The SMILES string of the molecule is CCNC(=NCC(c1cccs1)N1CCCC1)NCCCCSC. The van der Waals surface area contributed by atoms with E-state index in [1.54, 1.807) is 0 Å². The molecule has 0 saturated carbocycles. The molecule has 136 valence electrons. The molecule has 6 heteroatoms. The quantitative estimate of drug-likeness (QED) is 0.376. The van der Waals surface area contributed by atoms with Gasteiger partial charge in [0.05, 0.1) is 12.6 Å². The molecule has 0 spiro atoms. The minimum Gasteiger partial charge on any atom is -0.357 e. The van der Waals surface area contributed by atoms with Crippen LogP contribution in [0.1, 0.15) is 43.5 Å². The molecule has 1 fully saturated rings. The molecule has 1 atom stereocenters. The monoisotopic (exact) mass is 368 g/mol. The third-order valence-corrected chi connectivity index (χ3v) is 5.96. The Kier molecular flexibility index (Phi) is 9.61. The van der Waals surface area contributed by atoms with E-state index in [1.165, 1.54) is 49.4 Å². The van der Waals surface area contributed by atoms with Crippen molar-refractivity contribution in [3.63, 3.8) is 0 Å². The van der Waals surface area contributed by atoms with E-state index in [4.69, 9.17) is 4.99 Å². The highest BCUT2D eigenvalue weighted by Crippen LogP contribution is 2.28.